The first-order valence-electron chi connectivity index (χ1n) is 5.95. The van der Waals surface area contributed by atoms with Crippen LogP contribution in [0.15, 0.2) is 30.3 Å². The Morgan fingerprint density at radius 1 is 1.25 bits per heavy atom. The van der Waals surface area contributed by atoms with Crippen molar-refractivity contribution in [3.8, 4) is 0 Å². The number of hydrogen-bond acceptors (Lipinski definition) is 2. The maximum absolute atomic E-state index is 9.85. The fourth-order valence-corrected chi connectivity index (χ4v) is 1.82. The summed E-state index contributed by atoms with van der Waals surface area (Å²) < 4.78 is 5.03. The maximum Gasteiger partial charge on any atom is 0.0587 e. The van der Waals surface area contributed by atoms with Crippen LogP contribution in [0.3, 0.4) is 0 Å². The van der Waals surface area contributed by atoms with Gasteiger partial charge in [-0.05, 0) is 24.8 Å². The van der Waals surface area contributed by atoms with Gasteiger partial charge in [0.15, 0.2) is 0 Å². The van der Waals surface area contributed by atoms with Crippen molar-refractivity contribution >= 4 is 0 Å². The minimum atomic E-state index is -0.247. The summed E-state index contributed by atoms with van der Waals surface area (Å²) in [4.78, 5) is 0. The lowest BCUT2D eigenvalue weighted by atomic mass is 9.98. The number of aliphatic hydroxyl groups excluding tert-OH is 1. The molecule has 0 bridgehead atoms. The van der Waals surface area contributed by atoms with E-state index in [0.717, 1.165) is 19.3 Å². The Balaban J connectivity index is 2.20. The van der Waals surface area contributed by atoms with E-state index in [9.17, 15) is 5.11 Å². The zero-order chi connectivity index (χ0) is 11.8. The topological polar surface area (TPSA) is 29.5 Å². The average molecular weight is 222 g/mol. The Hall–Kier alpha value is -0.860. The summed E-state index contributed by atoms with van der Waals surface area (Å²) in [5.74, 6) is 0.223. The SMILES string of the molecule is COCC(C)C(O)CCCc1ccccc1. The van der Waals surface area contributed by atoms with Crippen LogP contribution in [0, 0.1) is 5.92 Å². The van der Waals surface area contributed by atoms with Crippen LogP contribution in [0.25, 0.3) is 0 Å². The fraction of sp³-hybridized carbons (Fsp3) is 0.571. The number of rotatable bonds is 7. The molecular formula is C14H22O2. The van der Waals surface area contributed by atoms with Crippen molar-refractivity contribution in [2.45, 2.75) is 32.3 Å². The quantitative estimate of drug-likeness (QED) is 0.768. The summed E-state index contributed by atoms with van der Waals surface area (Å²) >= 11 is 0. The van der Waals surface area contributed by atoms with Gasteiger partial charge in [0.2, 0.25) is 0 Å². The molecule has 2 unspecified atom stereocenters. The van der Waals surface area contributed by atoms with Crippen molar-refractivity contribution in [3.63, 3.8) is 0 Å². The van der Waals surface area contributed by atoms with E-state index in [2.05, 4.69) is 24.3 Å². The average Bonchev–Trinajstić information content (AvgIpc) is 2.30. The number of aliphatic hydroxyl groups is 1. The lowest BCUT2D eigenvalue weighted by Crippen LogP contribution is -2.21. The second-order valence-electron chi connectivity index (χ2n) is 4.38. The van der Waals surface area contributed by atoms with E-state index in [-0.39, 0.29) is 12.0 Å². The van der Waals surface area contributed by atoms with Crippen LogP contribution in [0.4, 0.5) is 0 Å². The standard InChI is InChI=1S/C14H22O2/c1-12(11-16-2)14(15)10-6-9-13-7-4-3-5-8-13/h3-5,7-8,12,14-15H,6,9-11H2,1-2H3. The highest BCUT2D eigenvalue weighted by Crippen LogP contribution is 2.12. The number of benzene rings is 1. The molecule has 1 aromatic carbocycles. The zero-order valence-corrected chi connectivity index (χ0v) is 10.2. The van der Waals surface area contributed by atoms with Gasteiger partial charge in [-0.1, -0.05) is 37.3 Å². The summed E-state index contributed by atoms with van der Waals surface area (Å²) in [5.41, 5.74) is 1.34. The van der Waals surface area contributed by atoms with E-state index in [4.69, 9.17) is 4.74 Å². The van der Waals surface area contributed by atoms with Gasteiger partial charge >= 0.3 is 0 Å². The summed E-state index contributed by atoms with van der Waals surface area (Å²) in [6.07, 6.45) is 2.67. The first-order valence-corrected chi connectivity index (χ1v) is 5.95. The number of ether oxygens (including phenoxy) is 1. The molecule has 90 valence electrons. The van der Waals surface area contributed by atoms with Crippen LogP contribution < -0.4 is 0 Å². The summed E-state index contributed by atoms with van der Waals surface area (Å²) in [6, 6.07) is 10.4. The molecule has 0 spiro atoms. The molecule has 1 rings (SSSR count). The van der Waals surface area contributed by atoms with E-state index >= 15 is 0 Å². The Morgan fingerprint density at radius 2 is 1.94 bits per heavy atom. The highest BCUT2D eigenvalue weighted by Gasteiger charge is 2.13. The normalized spacial score (nSPS) is 14.7. The van der Waals surface area contributed by atoms with Gasteiger partial charge in [-0.25, -0.2) is 0 Å². The molecule has 0 radical (unpaired) electrons. The van der Waals surface area contributed by atoms with Crippen LogP contribution in [0.5, 0.6) is 0 Å². The van der Waals surface area contributed by atoms with Crippen LogP contribution in [0.2, 0.25) is 0 Å². The summed E-state index contributed by atoms with van der Waals surface area (Å²) in [6.45, 7) is 2.66. The van der Waals surface area contributed by atoms with Crippen molar-refractivity contribution < 1.29 is 9.84 Å². The molecular weight excluding hydrogens is 200 g/mol. The molecule has 0 aliphatic heterocycles. The highest BCUT2D eigenvalue weighted by atomic mass is 16.5. The van der Waals surface area contributed by atoms with Crippen LogP contribution in [0.1, 0.15) is 25.3 Å². The Bertz CT molecular complexity index is 271. The molecule has 0 saturated heterocycles. The molecule has 2 atom stereocenters. The van der Waals surface area contributed by atoms with Gasteiger partial charge in [-0.2, -0.15) is 0 Å². The number of methoxy groups -OCH3 is 1. The third-order valence-electron chi connectivity index (χ3n) is 2.89. The molecule has 0 saturated carbocycles. The lowest BCUT2D eigenvalue weighted by Gasteiger charge is -2.17. The molecule has 16 heavy (non-hydrogen) atoms. The van der Waals surface area contributed by atoms with Gasteiger partial charge in [0.25, 0.3) is 0 Å². The second-order valence-corrected chi connectivity index (χ2v) is 4.38. The number of hydrogen-bond donors (Lipinski definition) is 1. The van der Waals surface area contributed by atoms with Crippen molar-refractivity contribution in [1.82, 2.24) is 0 Å². The molecule has 2 heteroatoms. The van der Waals surface area contributed by atoms with Crippen molar-refractivity contribution in [2.75, 3.05) is 13.7 Å². The van der Waals surface area contributed by atoms with Crippen molar-refractivity contribution in [3.05, 3.63) is 35.9 Å². The Morgan fingerprint density at radius 3 is 2.56 bits per heavy atom. The van der Waals surface area contributed by atoms with Crippen LogP contribution >= 0.6 is 0 Å². The van der Waals surface area contributed by atoms with Gasteiger partial charge in [0, 0.05) is 13.0 Å². The van der Waals surface area contributed by atoms with Crippen molar-refractivity contribution in [2.24, 2.45) is 5.92 Å². The third kappa shape index (κ3) is 4.77. The first-order chi connectivity index (χ1) is 7.74. The van der Waals surface area contributed by atoms with Gasteiger partial charge < -0.3 is 9.84 Å². The molecule has 0 amide bonds. The van der Waals surface area contributed by atoms with Crippen molar-refractivity contribution in [1.29, 1.82) is 0 Å². The second kappa shape index (κ2) is 7.42. The molecule has 0 aromatic heterocycles. The molecule has 1 N–H and O–H groups in total. The minimum absolute atomic E-state index is 0.223. The molecule has 0 aliphatic carbocycles. The number of aryl methyl sites for hydroxylation is 1. The van der Waals surface area contributed by atoms with Crippen LogP contribution in [-0.2, 0) is 11.2 Å². The lowest BCUT2D eigenvalue weighted by molar-refractivity contribution is 0.0508. The monoisotopic (exact) mass is 222 g/mol. The molecule has 0 aliphatic rings. The maximum atomic E-state index is 9.85. The van der Waals surface area contributed by atoms with Gasteiger partial charge in [0.1, 0.15) is 0 Å². The Kier molecular flexibility index (Phi) is 6.12. The Labute approximate surface area is 98.3 Å². The molecule has 0 fully saturated rings. The third-order valence-corrected chi connectivity index (χ3v) is 2.89. The predicted octanol–water partition coefficient (Wildman–Crippen LogP) is 2.65. The highest BCUT2D eigenvalue weighted by molar-refractivity contribution is 5.14. The predicted molar refractivity (Wildman–Crippen MR) is 66.4 cm³/mol. The summed E-state index contributed by atoms with van der Waals surface area (Å²) in [7, 11) is 1.67. The van der Waals surface area contributed by atoms with Gasteiger partial charge in [-0.3, -0.25) is 0 Å². The first kappa shape index (κ1) is 13.2. The van der Waals surface area contributed by atoms with E-state index in [1.54, 1.807) is 7.11 Å². The zero-order valence-electron chi connectivity index (χ0n) is 10.2. The minimum Gasteiger partial charge on any atom is -0.393 e. The van der Waals surface area contributed by atoms with E-state index in [1.807, 2.05) is 13.0 Å². The molecule has 1 aromatic rings. The summed E-state index contributed by atoms with van der Waals surface area (Å²) in [5, 5.41) is 9.85. The molecule has 0 heterocycles. The van der Waals surface area contributed by atoms with E-state index in [0.29, 0.717) is 6.61 Å². The van der Waals surface area contributed by atoms with Gasteiger partial charge in [-0.15, -0.1) is 0 Å². The van der Waals surface area contributed by atoms with E-state index in [1.165, 1.54) is 5.56 Å². The smallest absolute Gasteiger partial charge is 0.0587 e. The van der Waals surface area contributed by atoms with Crippen LogP contribution in [-0.4, -0.2) is 24.9 Å². The largest absolute Gasteiger partial charge is 0.393 e. The van der Waals surface area contributed by atoms with E-state index < -0.39 is 0 Å². The fourth-order valence-electron chi connectivity index (χ4n) is 1.82. The van der Waals surface area contributed by atoms with Gasteiger partial charge in [0.05, 0.1) is 12.7 Å². The molecule has 2 nitrogen and oxygen atoms in total.